The molecule has 1 unspecified atom stereocenters. The SMILES string of the molecule is O=C(c1ccc(F)cc1F)N1CCCC(c2nc(-c3ccccc3)no2)C1. The first-order valence-corrected chi connectivity index (χ1v) is 8.75. The number of hydrogen-bond acceptors (Lipinski definition) is 4. The Morgan fingerprint density at radius 2 is 1.96 bits per heavy atom. The van der Waals surface area contributed by atoms with E-state index >= 15 is 0 Å². The molecule has 0 bridgehead atoms. The first-order valence-electron chi connectivity index (χ1n) is 8.75. The summed E-state index contributed by atoms with van der Waals surface area (Å²) in [5, 5.41) is 4.02. The van der Waals surface area contributed by atoms with Gasteiger partial charge in [-0.15, -0.1) is 0 Å². The van der Waals surface area contributed by atoms with Crippen molar-refractivity contribution in [2.75, 3.05) is 13.1 Å². The molecule has 1 aliphatic rings. The van der Waals surface area contributed by atoms with Gasteiger partial charge in [-0.3, -0.25) is 4.79 Å². The number of hydrogen-bond donors (Lipinski definition) is 0. The summed E-state index contributed by atoms with van der Waals surface area (Å²) in [7, 11) is 0. The molecule has 0 aliphatic carbocycles. The summed E-state index contributed by atoms with van der Waals surface area (Å²) in [6.07, 6.45) is 1.54. The van der Waals surface area contributed by atoms with Gasteiger partial charge in [0.2, 0.25) is 11.7 Å². The Labute approximate surface area is 154 Å². The van der Waals surface area contributed by atoms with Crippen molar-refractivity contribution in [2.45, 2.75) is 18.8 Å². The monoisotopic (exact) mass is 369 g/mol. The van der Waals surface area contributed by atoms with Crippen LogP contribution in [0.5, 0.6) is 0 Å². The highest BCUT2D eigenvalue weighted by Crippen LogP contribution is 2.28. The van der Waals surface area contributed by atoms with E-state index < -0.39 is 17.5 Å². The number of benzene rings is 2. The number of piperidine rings is 1. The van der Waals surface area contributed by atoms with Crippen molar-refractivity contribution in [1.29, 1.82) is 0 Å². The Morgan fingerprint density at radius 3 is 2.74 bits per heavy atom. The van der Waals surface area contributed by atoms with Crippen molar-refractivity contribution in [3.63, 3.8) is 0 Å². The van der Waals surface area contributed by atoms with Gasteiger partial charge >= 0.3 is 0 Å². The summed E-state index contributed by atoms with van der Waals surface area (Å²) in [6.45, 7) is 0.859. The number of rotatable bonds is 3. The molecule has 1 fully saturated rings. The van der Waals surface area contributed by atoms with Gasteiger partial charge in [-0.1, -0.05) is 35.5 Å². The molecule has 1 saturated heterocycles. The molecule has 27 heavy (non-hydrogen) atoms. The van der Waals surface area contributed by atoms with Gasteiger partial charge in [-0.25, -0.2) is 8.78 Å². The fraction of sp³-hybridized carbons (Fsp3) is 0.250. The lowest BCUT2D eigenvalue weighted by molar-refractivity contribution is 0.0691. The van der Waals surface area contributed by atoms with Crippen LogP contribution in [0.15, 0.2) is 53.1 Å². The first-order chi connectivity index (χ1) is 13.1. The molecular weight excluding hydrogens is 352 g/mol. The van der Waals surface area contributed by atoms with E-state index in [2.05, 4.69) is 10.1 Å². The van der Waals surface area contributed by atoms with E-state index in [0.717, 1.165) is 30.5 Å². The zero-order chi connectivity index (χ0) is 18.8. The third kappa shape index (κ3) is 3.58. The Balaban J connectivity index is 1.51. The van der Waals surface area contributed by atoms with Gasteiger partial charge < -0.3 is 9.42 Å². The van der Waals surface area contributed by atoms with E-state index in [1.54, 1.807) is 4.90 Å². The highest BCUT2D eigenvalue weighted by atomic mass is 19.1. The van der Waals surface area contributed by atoms with Crippen molar-refractivity contribution in [3.05, 3.63) is 71.6 Å². The molecule has 1 aromatic heterocycles. The Morgan fingerprint density at radius 1 is 1.15 bits per heavy atom. The average Bonchev–Trinajstić information content (AvgIpc) is 3.19. The maximum absolute atomic E-state index is 13.9. The molecule has 2 heterocycles. The minimum Gasteiger partial charge on any atom is -0.339 e. The molecule has 0 spiro atoms. The highest BCUT2D eigenvalue weighted by molar-refractivity contribution is 5.94. The van der Waals surface area contributed by atoms with Crippen LogP contribution in [0.2, 0.25) is 0 Å². The van der Waals surface area contributed by atoms with Crippen molar-refractivity contribution in [1.82, 2.24) is 15.0 Å². The lowest BCUT2D eigenvalue weighted by Crippen LogP contribution is -2.39. The summed E-state index contributed by atoms with van der Waals surface area (Å²) in [5.41, 5.74) is 0.720. The second kappa shape index (κ2) is 7.26. The molecule has 7 heteroatoms. The molecule has 1 atom stereocenters. The molecule has 1 amide bonds. The van der Waals surface area contributed by atoms with Crippen LogP contribution in [0.4, 0.5) is 8.78 Å². The molecule has 138 valence electrons. The van der Waals surface area contributed by atoms with E-state index in [1.165, 1.54) is 6.07 Å². The van der Waals surface area contributed by atoms with E-state index in [-0.39, 0.29) is 11.5 Å². The highest BCUT2D eigenvalue weighted by Gasteiger charge is 2.30. The second-order valence-corrected chi connectivity index (χ2v) is 6.54. The minimum absolute atomic E-state index is 0.115. The van der Waals surface area contributed by atoms with Crippen LogP contribution in [-0.2, 0) is 0 Å². The minimum atomic E-state index is -0.855. The van der Waals surface area contributed by atoms with Crippen LogP contribution in [0, 0.1) is 11.6 Å². The summed E-state index contributed by atoms with van der Waals surface area (Å²) in [5.74, 6) is -1.17. The molecule has 3 aromatic rings. The smallest absolute Gasteiger partial charge is 0.256 e. The van der Waals surface area contributed by atoms with Gasteiger partial charge in [0, 0.05) is 24.7 Å². The number of halogens is 2. The van der Waals surface area contributed by atoms with Gasteiger partial charge in [0.25, 0.3) is 5.91 Å². The first kappa shape index (κ1) is 17.3. The van der Waals surface area contributed by atoms with Crippen molar-refractivity contribution in [3.8, 4) is 11.4 Å². The summed E-state index contributed by atoms with van der Waals surface area (Å²) >= 11 is 0. The zero-order valence-electron chi connectivity index (χ0n) is 14.4. The fourth-order valence-corrected chi connectivity index (χ4v) is 3.30. The predicted molar refractivity (Wildman–Crippen MR) is 94.0 cm³/mol. The van der Waals surface area contributed by atoms with Gasteiger partial charge in [-0.2, -0.15) is 4.98 Å². The maximum Gasteiger partial charge on any atom is 0.256 e. The maximum atomic E-state index is 13.9. The quantitative estimate of drug-likeness (QED) is 0.699. The van der Waals surface area contributed by atoms with Crippen LogP contribution in [0.1, 0.15) is 35.0 Å². The molecule has 0 radical (unpaired) electrons. The number of amides is 1. The van der Waals surface area contributed by atoms with E-state index in [1.807, 2.05) is 30.3 Å². The Hall–Kier alpha value is -3.09. The van der Waals surface area contributed by atoms with Crippen molar-refractivity contribution in [2.24, 2.45) is 0 Å². The summed E-state index contributed by atoms with van der Waals surface area (Å²) < 4.78 is 32.4. The van der Waals surface area contributed by atoms with Crippen LogP contribution in [-0.4, -0.2) is 34.0 Å². The van der Waals surface area contributed by atoms with Gasteiger partial charge in [0.1, 0.15) is 11.6 Å². The molecule has 4 rings (SSSR count). The van der Waals surface area contributed by atoms with Crippen LogP contribution < -0.4 is 0 Å². The third-order valence-corrected chi connectivity index (χ3v) is 4.69. The third-order valence-electron chi connectivity index (χ3n) is 4.69. The van der Waals surface area contributed by atoms with Crippen LogP contribution in [0.25, 0.3) is 11.4 Å². The van der Waals surface area contributed by atoms with Crippen molar-refractivity contribution < 1.29 is 18.1 Å². The summed E-state index contributed by atoms with van der Waals surface area (Å²) in [6, 6.07) is 12.5. The number of carbonyl (C=O) groups excluding carboxylic acids is 1. The average molecular weight is 369 g/mol. The zero-order valence-corrected chi connectivity index (χ0v) is 14.4. The van der Waals surface area contributed by atoms with Crippen LogP contribution in [0.3, 0.4) is 0 Å². The lowest BCUT2D eigenvalue weighted by atomic mass is 9.97. The number of likely N-dealkylation sites (tertiary alicyclic amines) is 1. The largest absolute Gasteiger partial charge is 0.339 e. The second-order valence-electron chi connectivity index (χ2n) is 6.54. The topological polar surface area (TPSA) is 59.2 Å². The molecular formula is C20H17F2N3O2. The number of carbonyl (C=O) groups is 1. The normalized spacial score (nSPS) is 17.1. The van der Waals surface area contributed by atoms with Crippen molar-refractivity contribution >= 4 is 5.91 Å². The van der Waals surface area contributed by atoms with E-state index in [9.17, 15) is 13.6 Å². The van der Waals surface area contributed by atoms with Crippen LogP contribution >= 0.6 is 0 Å². The molecule has 0 N–H and O–H groups in total. The standard InChI is InChI=1S/C20H17F2N3O2/c21-15-8-9-16(17(22)11-15)20(26)25-10-4-7-14(12-25)19-23-18(24-27-19)13-5-2-1-3-6-13/h1-3,5-6,8-9,11,14H,4,7,10,12H2. The molecule has 2 aromatic carbocycles. The lowest BCUT2D eigenvalue weighted by Gasteiger charge is -2.31. The van der Waals surface area contributed by atoms with E-state index in [0.29, 0.717) is 24.8 Å². The Kier molecular flexibility index (Phi) is 4.66. The van der Waals surface area contributed by atoms with Gasteiger partial charge in [0.15, 0.2) is 0 Å². The predicted octanol–water partition coefficient (Wildman–Crippen LogP) is 4.03. The molecule has 5 nitrogen and oxygen atoms in total. The van der Waals surface area contributed by atoms with E-state index in [4.69, 9.17) is 4.52 Å². The fourth-order valence-electron chi connectivity index (χ4n) is 3.30. The summed E-state index contributed by atoms with van der Waals surface area (Å²) in [4.78, 5) is 18.6. The van der Waals surface area contributed by atoms with Gasteiger partial charge in [0.05, 0.1) is 11.5 Å². The Bertz CT molecular complexity index is 959. The molecule has 1 aliphatic heterocycles. The number of nitrogens with zero attached hydrogens (tertiary/aromatic N) is 3. The number of aromatic nitrogens is 2. The molecule has 0 saturated carbocycles. The van der Waals surface area contributed by atoms with Gasteiger partial charge in [-0.05, 0) is 25.0 Å².